The summed E-state index contributed by atoms with van der Waals surface area (Å²) >= 11 is 5.24. The Morgan fingerprint density at radius 1 is 1.20 bits per heavy atom. The number of thiophene rings is 1. The van der Waals surface area contributed by atoms with Gasteiger partial charge in [0, 0.05) is 28.5 Å². The molecular weight excluding hydrogens is 334 g/mol. The van der Waals surface area contributed by atoms with Crippen LogP contribution < -0.4 is 4.74 Å². The summed E-state index contributed by atoms with van der Waals surface area (Å²) in [6, 6.07) is 12.8. The summed E-state index contributed by atoms with van der Waals surface area (Å²) in [5, 5.41) is 2.13. The molecule has 0 atom stereocenters. The lowest BCUT2D eigenvalue weighted by atomic mass is 10.3. The molecule has 4 heteroatoms. The van der Waals surface area contributed by atoms with Crippen molar-refractivity contribution in [3.63, 3.8) is 0 Å². The third-order valence-electron chi connectivity index (χ3n) is 3.13. The summed E-state index contributed by atoms with van der Waals surface area (Å²) in [6.45, 7) is 7.11. The molecule has 0 aliphatic rings. The highest BCUT2D eigenvalue weighted by Gasteiger charge is 2.10. The lowest BCUT2D eigenvalue weighted by molar-refractivity contribution is 0.170. The van der Waals surface area contributed by atoms with Crippen molar-refractivity contribution in [1.82, 2.24) is 4.90 Å². The molecule has 2 nitrogen and oxygen atoms in total. The number of ether oxygens (including phenoxy) is 1. The summed E-state index contributed by atoms with van der Waals surface area (Å²) in [5.74, 6) is 0.924. The molecule has 0 bridgehead atoms. The third-order valence-corrected chi connectivity index (χ3v) is 4.52. The van der Waals surface area contributed by atoms with Crippen molar-refractivity contribution >= 4 is 27.3 Å². The van der Waals surface area contributed by atoms with Crippen molar-refractivity contribution in [3.8, 4) is 5.75 Å². The van der Waals surface area contributed by atoms with Gasteiger partial charge in [0.2, 0.25) is 0 Å². The van der Waals surface area contributed by atoms with Crippen molar-refractivity contribution in [2.75, 3.05) is 13.2 Å². The number of rotatable bonds is 7. The van der Waals surface area contributed by atoms with E-state index in [2.05, 4.69) is 52.2 Å². The average molecular weight is 354 g/mol. The first-order valence-corrected chi connectivity index (χ1v) is 8.47. The van der Waals surface area contributed by atoms with Gasteiger partial charge in [0.05, 0.1) is 0 Å². The third kappa shape index (κ3) is 4.93. The fraction of sp³-hybridized carbons (Fsp3) is 0.375. The fourth-order valence-corrected chi connectivity index (χ4v) is 2.93. The smallest absolute Gasteiger partial charge is 0.119 e. The predicted octanol–water partition coefficient (Wildman–Crippen LogP) is 4.80. The van der Waals surface area contributed by atoms with Gasteiger partial charge in [-0.3, -0.25) is 4.90 Å². The Hall–Kier alpha value is -0.840. The molecule has 0 saturated carbocycles. The molecule has 0 unspecified atom stereocenters. The molecule has 0 radical (unpaired) electrons. The van der Waals surface area contributed by atoms with Gasteiger partial charge in [-0.15, -0.1) is 11.3 Å². The van der Waals surface area contributed by atoms with E-state index >= 15 is 0 Å². The Balaban J connectivity index is 1.81. The Bertz CT molecular complexity index is 496. The first-order valence-electron chi connectivity index (χ1n) is 6.80. The van der Waals surface area contributed by atoms with E-state index in [1.165, 1.54) is 4.88 Å². The highest BCUT2D eigenvalue weighted by atomic mass is 79.9. The zero-order chi connectivity index (χ0) is 14.4. The molecule has 0 amide bonds. The summed E-state index contributed by atoms with van der Waals surface area (Å²) in [5.41, 5.74) is 0. The van der Waals surface area contributed by atoms with E-state index in [0.717, 1.165) is 23.3 Å². The van der Waals surface area contributed by atoms with Gasteiger partial charge in [-0.25, -0.2) is 0 Å². The summed E-state index contributed by atoms with van der Waals surface area (Å²) < 4.78 is 6.88. The van der Waals surface area contributed by atoms with Crippen LogP contribution in [-0.2, 0) is 6.54 Å². The monoisotopic (exact) mass is 353 g/mol. The maximum Gasteiger partial charge on any atom is 0.119 e. The standard InChI is InChI=1S/C16H20BrNOS/c1-13(2)18(12-16-4-3-11-20-16)9-10-19-15-7-5-14(17)6-8-15/h3-8,11,13H,9-10,12H2,1-2H3. The van der Waals surface area contributed by atoms with Crippen LogP contribution in [0.15, 0.2) is 46.3 Å². The zero-order valence-electron chi connectivity index (χ0n) is 11.9. The van der Waals surface area contributed by atoms with E-state index in [4.69, 9.17) is 4.74 Å². The van der Waals surface area contributed by atoms with Gasteiger partial charge >= 0.3 is 0 Å². The average Bonchev–Trinajstić information content (AvgIpc) is 2.92. The maximum atomic E-state index is 5.80. The molecule has 2 aromatic rings. The van der Waals surface area contributed by atoms with Gasteiger partial charge in [-0.05, 0) is 49.6 Å². The lowest BCUT2D eigenvalue weighted by Crippen LogP contribution is -2.33. The Kier molecular flexibility index (Phi) is 6.07. The van der Waals surface area contributed by atoms with E-state index < -0.39 is 0 Å². The number of benzene rings is 1. The van der Waals surface area contributed by atoms with Gasteiger partial charge in [-0.1, -0.05) is 22.0 Å². The van der Waals surface area contributed by atoms with Crippen molar-refractivity contribution in [1.29, 1.82) is 0 Å². The second-order valence-electron chi connectivity index (χ2n) is 4.95. The minimum absolute atomic E-state index is 0.519. The van der Waals surface area contributed by atoms with Crippen LogP contribution >= 0.6 is 27.3 Å². The topological polar surface area (TPSA) is 12.5 Å². The van der Waals surface area contributed by atoms with Crippen molar-refractivity contribution in [2.45, 2.75) is 26.4 Å². The molecule has 0 N–H and O–H groups in total. The van der Waals surface area contributed by atoms with Crippen molar-refractivity contribution < 1.29 is 4.74 Å². The summed E-state index contributed by atoms with van der Waals surface area (Å²) in [6.07, 6.45) is 0. The van der Waals surface area contributed by atoms with E-state index in [1.807, 2.05) is 35.6 Å². The molecule has 108 valence electrons. The highest BCUT2D eigenvalue weighted by molar-refractivity contribution is 9.10. The lowest BCUT2D eigenvalue weighted by Gasteiger charge is -2.25. The fourth-order valence-electron chi connectivity index (χ4n) is 1.93. The van der Waals surface area contributed by atoms with Crippen LogP contribution in [0, 0.1) is 0 Å². The predicted molar refractivity (Wildman–Crippen MR) is 89.5 cm³/mol. The van der Waals surface area contributed by atoms with Crippen LogP contribution in [0.4, 0.5) is 0 Å². The molecule has 0 spiro atoms. The normalized spacial score (nSPS) is 11.2. The highest BCUT2D eigenvalue weighted by Crippen LogP contribution is 2.17. The molecule has 1 aromatic heterocycles. The van der Waals surface area contributed by atoms with Crippen LogP contribution in [0.3, 0.4) is 0 Å². The Morgan fingerprint density at radius 3 is 2.55 bits per heavy atom. The zero-order valence-corrected chi connectivity index (χ0v) is 14.3. The molecular formula is C16H20BrNOS. The van der Waals surface area contributed by atoms with Crippen molar-refractivity contribution in [2.24, 2.45) is 0 Å². The quantitative estimate of drug-likeness (QED) is 0.708. The molecule has 0 saturated heterocycles. The van der Waals surface area contributed by atoms with Crippen LogP contribution in [0.5, 0.6) is 5.75 Å². The molecule has 2 rings (SSSR count). The van der Waals surface area contributed by atoms with Crippen molar-refractivity contribution in [3.05, 3.63) is 51.1 Å². The molecule has 0 fully saturated rings. The molecule has 1 aromatic carbocycles. The SMILES string of the molecule is CC(C)N(CCOc1ccc(Br)cc1)Cc1cccs1. The van der Waals surface area contributed by atoms with Gasteiger partial charge in [0.25, 0.3) is 0 Å². The maximum absolute atomic E-state index is 5.80. The number of hydrogen-bond donors (Lipinski definition) is 0. The van der Waals surface area contributed by atoms with E-state index in [9.17, 15) is 0 Å². The summed E-state index contributed by atoms with van der Waals surface area (Å²) in [4.78, 5) is 3.84. The van der Waals surface area contributed by atoms with Gasteiger partial charge in [0.15, 0.2) is 0 Å². The second kappa shape index (κ2) is 7.81. The van der Waals surface area contributed by atoms with Gasteiger partial charge in [0.1, 0.15) is 12.4 Å². The first-order chi connectivity index (χ1) is 9.65. The molecule has 1 heterocycles. The minimum atomic E-state index is 0.519. The Labute approximate surface area is 133 Å². The number of halogens is 1. The van der Waals surface area contributed by atoms with Gasteiger partial charge < -0.3 is 4.74 Å². The van der Waals surface area contributed by atoms with E-state index in [0.29, 0.717) is 12.6 Å². The van der Waals surface area contributed by atoms with Crippen LogP contribution in [-0.4, -0.2) is 24.1 Å². The largest absolute Gasteiger partial charge is 0.492 e. The minimum Gasteiger partial charge on any atom is -0.492 e. The van der Waals surface area contributed by atoms with E-state index in [-0.39, 0.29) is 0 Å². The number of nitrogens with zero attached hydrogens (tertiary/aromatic N) is 1. The van der Waals surface area contributed by atoms with Crippen LogP contribution in [0.1, 0.15) is 18.7 Å². The molecule has 20 heavy (non-hydrogen) atoms. The van der Waals surface area contributed by atoms with Crippen LogP contribution in [0.25, 0.3) is 0 Å². The number of hydrogen-bond acceptors (Lipinski definition) is 3. The summed E-state index contributed by atoms with van der Waals surface area (Å²) in [7, 11) is 0. The molecule has 0 aliphatic heterocycles. The van der Waals surface area contributed by atoms with Gasteiger partial charge in [-0.2, -0.15) is 0 Å². The van der Waals surface area contributed by atoms with Crippen LogP contribution in [0.2, 0.25) is 0 Å². The first kappa shape index (κ1) is 15.5. The van der Waals surface area contributed by atoms with E-state index in [1.54, 1.807) is 0 Å². The Morgan fingerprint density at radius 2 is 1.95 bits per heavy atom. The second-order valence-corrected chi connectivity index (χ2v) is 6.89. The molecule has 0 aliphatic carbocycles.